The minimum Gasteiger partial charge on any atom is -0.458 e. The van der Waals surface area contributed by atoms with Crippen molar-refractivity contribution in [1.29, 1.82) is 0 Å². The summed E-state index contributed by atoms with van der Waals surface area (Å²) in [6, 6.07) is 7.40. The van der Waals surface area contributed by atoms with Crippen LogP contribution in [0.5, 0.6) is 0 Å². The Morgan fingerprint density at radius 3 is 2.39 bits per heavy atom. The lowest BCUT2D eigenvalue weighted by atomic mass is 9.58. The summed E-state index contributed by atoms with van der Waals surface area (Å²) in [6.45, 7) is 7.99. The van der Waals surface area contributed by atoms with Gasteiger partial charge >= 0.3 is 0 Å². The number of Topliss-reactive ketones (excluding diaryl/α,β-unsaturated/α-hetero) is 2. The van der Waals surface area contributed by atoms with E-state index in [9.17, 15) is 14.7 Å². The first-order valence-corrected chi connectivity index (χ1v) is 10.3. The van der Waals surface area contributed by atoms with Crippen LogP contribution in [0.3, 0.4) is 0 Å². The van der Waals surface area contributed by atoms with E-state index in [1.165, 1.54) is 0 Å². The van der Waals surface area contributed by atoms with Gasteiger partial charge in [-0.05, 0) is 34.5 Å². The summed E-state index contributed by atoms with van der Waals surface area (Å²) in [5.74, 6) is -2.81. The Kier molecular flexibility index (Phi) is 4.33. The lowest BCUT2D eigenvalue weighted by Gasteiger charge is -2.53. The van der Waals surface area contributed by atoms with E-state index < -0.39 is 23.0 Å². The highest BCUT2D eigenvalue weighted by atomic mass is 35.5. The van der Waals surface area contributed by atoms with Gasteiger partial charge in [-0.25, -0.2) is 0 Å². The Balaban J connectivity index is 1.95. The molecule has 1 heterocycles. The summed E-state index contributed by atoms with van der Waals surface area (Å²) in [5, 5.41) is 12.1. The second-order valence-corrected chi connectivity index (χ2v) is 10.6. The van der Waals surface area contributed by atoms with E-state index in [0.717, 1.165) is 11.1 Å². The van der Waals surface area contributed by atoms with Crippen LogP contribution in [0.15, 0.2) is 35.6 Å². The van der Waals surface area contributed by atoms with Crippen LogP contribution in [0.25, 0.3) is 0 Å². The zero-order valence-electron chi connectivity index (χ0n) is 16.8. The SMILES string of the molecule is CC1(C)CC(=O)C2=C(C1)[C@@H](c1ccccc1Cl)[C@H]1C(=O)CC(C)(C)C[C@]1(O)O2. The number of allylic oxidation sites excluding steroid dienone is 2. The van der Waals surface area contributed by atoms with Crippen molar-refractivity contribution in [2.45, 2.75) is 65.1 Å². The van der Waals surface area contributed by atoms with Gasteiger partial charge < -0.3 is 9.84 Å². The molecule has 3 aliphatic rings. The first-order chi connectivity index (χ1) is 12.9. The third kappa shape index (κ3) is 3.11. The number of halogens is 1. The molecule has 0 bridgehead atoms. The maximum atomic E-state index is 13.3. The van der Waals surface area contributed by atoms with Crippen LogP contribution in [-0.4, -0.2) is 22.5 Å². The maximum absolute atomic E-state index is 13.3. The molecule has 0 radical (unpaired) electrons. The van der Waals surface area contributed by atoms with Gasteiger partial charge in [0.15, 0.2) is 11.5 Å². The van der Waals surface area contributed by atoms with Crippen LogP contribution >= 0.6 is 11.6 Å². The molecule has 1 N–H and O–H groups in total. The molecule has 5 heteroatoms. The molecule has 1 fully saturated rings. The molecular weight excluding hydrogens is 376 g/mol. The standard InChI is InChI=1S/C23H27ClO4/c1-21(2)9-14-18(13-7-5-6-8-15(13)24)19-16(25)10-22(3,4)12-23(19,27)28-20(14)17(26)11-21/h5-8,18-19,27H,9-12H2,1-4H3/t18-,19-,23+/m1/s1. The van der Waals surface area contributed by atoms with Crippen molar-refractivity contribution in [3.8, 4) is 0 Å². The predicted molar refractivity (Wildman–Crippen MR) is 107 cm³/mol. The maximum Gasteiger partial charge on any atom is 0.219 e. The van der Waals surface area contributed by atoms with Gasteiger partial charge in [0.1, 0.15) is 5.78 Å². The summed E-state index contributed by atoms with van der Waals surface area (Å²) in [5.41, 5.74) is 0.951. The van der Waals surface area contributed by atoms with Crippen LogP contribution < -0.4 is 0 Å². The van der Waals surface area contributed by atoms with Gasteiger partial charge in [-0.3, -0.25) is 9.59 Å². The largest absolute Gasteiger partial charge is 0.458 e. The predicted octanol–water partition coefficient (Wildman–Crippen LogP) is 4.79. The van der Waals surface area contributed by atoms with Crippen molar-refractivity contribution in [3.63, 3.8) is 0 Å². The quantitative estimate of drug-likeness (QED) is 0.733. The number of ether oxygens (including phenoxy) is 1. The first kappa shape index (κ1) is 19.7. The normalized spacial score (nSPS) is 33.8. The number of rotatable bonds is 1. The van der Waals surface area contributed by atoms with E-state index in [0.29, 0.717) is 30.7 Å². The lowest BCUT2D eigenvalue weighted by Crippen LogP contribution is -2.58. The van der Waals surface area contributed by atoms with Crippen LogP contribution in [-0.2, 0) is 14.3 Å². The molecule has 0 unspecified atom stereocenters. The van der Waals surface area contributed by atoms with Crippen LogP contribution in [0.2, 0.25) is 5.02 Å². The summed E-state index contributed by atoms with van der Waals surface area (Å²) >= 11 is 6.54. The van der Waals surface area contributed by atoms with Gasteiger partial charge in [-0.15, -0.1) is 0 Å². The van der Waals surface area contributed by atoms with E-state index in [1.54, 1.807) is 6.07 Å². The number of carbonyl (C=O) groups is 2. The van der Waals surface area contributed by atoms with Crippen molar-refractivity contribution < 1.29 is 19.4 Å². The third-order valence-electron chi connectivity index (χ3n) is 6.30. The number of fused-ring (bicyclic) bond motifs is 1. The number of hydrogen-bond acceptors (Lipinski definition) is 4. The minimum atomic E-state index is -1.70. The Labute approximate surface area is 170 Å². The molecule has 0 saturated heterocycles. The van der Waals surface area contributed by atoms with Gasteiger partial charge in [0, 0.05) is 30.2 Å². The van der Waals surface area contributed by atoms with Gasteiger partial charge in [0.05, 0.1) is 5.92 Å². The third-order valence-corrected chi connectivity index (χ3v) is 6.64. The van der Waals surface area contributed by atoms with E-state index >= 15 is 0 Å². The van der Waals surface area contributed by atoms with Crippen molar-refractivity contribution in [1.82, 2.24) is 0 Å². The van der Waals surface area contributed by atoms with Crippen molar-refractivity contribution in [2.24, 2.45) is 16.7 Å². The average Bonchev–Trinajstić information content (AvgIpc) is 2.52. The second-order valence-electron chi connectivity index (χ2n) is 10.2. The molecule has 4 rings (SSSR count). The molecule has 3 atom stereocenters. The number of hydrogen-bond donors (Lipinski definition) is 1. The summed E-state index contributed by atoms with van der Waals surface area (Å²) in [6.07, 6.45) is 1.65. The van der Waals surface area contributed by atoms with Crippen molar-refractivity contribution in [3.05, 3.63) is 46.2 Å². The molecule has 1 aromatic rings. The minimum absolute atomic E-state index is 0.0361. The Morgan fingerprint density at radius 2 is 1.71 bits per heavy atom. The lowest BCUT2D eigenvalue weighted by molar-refractivity contribution is -0.251. The highest BCUT2D eigenvalue weighted by Crippen LogP contribution is 2.58. The topological polar surface area (TPSA) is 63.6 Å². The smallest absolute Gasteiger partial charge is 0.219 e. The average molecular weight is 403 g/mol. The first-order valence-electron chi connectivity index (χ1n) is 9.87. The van der Waals surface area contributed by atoms with Crippen LogP contribution in [0.4, 0.5) is 0 Å². The summed E-state index contributed by atoms with van der Waals surface area (Å²) < 4.78 is 6.01. The van der Waals surface area contributed by atoms with Gasteiger partial charge in [0.25, 0.3) is 0 Å². The fourth-order valence-electron chi connectivity index (χ4n) is 5.44. The molecule has 0 aromatic heterocycles. The molecule has 1 aliphatic heterocycles. The van der Waals surface area contributed by atoms with E-state index in [2.05, 4.69) is 0 Å². The fraction of sp³-hybridized carbons (Fsp3) is 0.565. The molecule has 0 amide bonds. The Bertz CT molecular complexity index is 898. The summed E-state index contributed by atoms with van der Waals surface area (Å²) in [7, 11) is 0. The highest BCUT2D eigenvalue weighted by molar-refractivity contribution is 6.31. The zero-order valence-corrected chi connectivity index (χ0v) is 17.6. The molecule has 0 spiro atoms. The van der Waals surface area contributed by atoms with Crippen LogP contribution in [0.1, 0.15) is 64.9 Å². The van der Waals surface area contributed by atoms with E-state index in [4.69, 9.17) is 16.3 Å². The van der Waals surface area contributed by atoms with Gasteiger partial charge in [-0.2, -0.15) is 0 Å². The number of ketones is 2. The Hall–Kier alpha value is -1.65. The molecule has 4 nitrogen and oxygen atoms in total. The number of carbonyl (C=O) groups excluding carboxylic acids is 2. The van der Waals surface area contributed by atoms with Crippen molar-refractivity contribution >= 4 is 23.2 Å². The zero-order chi connectivity index (χ0) is 20.5. The second kappa shape index (κ2) is 6.17. The summed E-state index contributed by atoms with van der Waals surface area (Å²) in [4.78, 5) is 26.2. The number of benzene rings is 1. The highest BCUT2D eigenvalue weighted by Gasteiger charge is 2.61. The van der Waals surface area contributed by atoms with Gasteiger partial charge in [-0.1, -0.05) is 57.5 Å². The molecular formula is C23H27ClO4. The van der Waals surface area contributed by atoms with Gasteiger partial charge in [0.2, 0.25) is 5.79 Å². The van der Waals surface area contributed by atoms with E-state index in [1.807, 2.05) is 45.9 Å². The van der Waals surface area contributed by atoms with E-state index in [-0.39, 0.29) is 22.7 Å². The molecule has 2 aliphatic carbocycles. The Morgan fingerprint density at radius 1 is 1.04 bits per heavy atom. The van der Waals surface area contributed by atoms with Crippen molar-refractivity contribution in [2.75, 3.05) is 0 Å². The number of aliphatic hydroxyl groups is 1. The fourth-order valence-corrected chi connectivity index (χ4v) is 5.69. The molecule has 28 heavy (non-hydrogen) atoms. The molecule has 150 valence electrons. The molecule has 1 aromatic carbocycles. The molecule has 1 saturated carbocycles. The monoisotopic (exact) mass is 402 g/mol. The van der Waals surface area contributed by atoms with Crippen LogP contribution in [0, 0.1) is 16.7 Å².